The molecule has 3 heterocycles. The van der Waals surface area contributed by atoms with E-state index < -0.39 is 5.82 Å². The summed E-state index contributed by atoms with van der Waals surface area (Å²) in [6.07, 6.45) is 1.50. The van der Waals surface area contributed by atoms with Crippen LogP contribution in [0, 0.1) is 17.1 Å². The van der Waals surface area contributed by atoms with Gasteiger partial charge in [0.1, 0.15) is 11.9 Å². The maximum Gasteiger partial charge on any atom is 0.266 e. The van der Waals surface area contributed by atoms with Gasteiger partial charge >= 0.3 is 0 Å². The number of furan rings is 1. The van der Waals surface area contributed by atoms with E-state index in [1.165, 1.54) is 24.5 Å². The highest BCUT2D eigenvalue weighted by molar-refractivity contribution is 5.94. The molecule has 1 fully saturated rings. The molecule has 1 saturated heterocycles. The lowest BCUT2D eigenvalue weighted by atomic mass is 10.1. The van der Waals surface area contributed by atoms with Gasteiger partial charge < -0.3 is 18.6 Å². The monoisotopic (exact) mass is 366 g/mol. The summed E-state index contributed by atoms with van der Waals surface area (Å²) < 4.78 is 24.3. The molecule has 136 valence electrons. The first-order chi connectivity index (χ1) is 13.2. The summed E-state index contributed by atoms with van der Waals surface area (Å²) in [6.45, 7) is 1.80. The van der Waals surface area contributed by atoms with E-state index in [9.17, 15) is 14.4 Å². The maximum absolute atomic E-state index is 13.3. The molecule has 4 rings (SSSR count). The normalized spacial score (nSPS) is 14.2. The highest BCUT2D eigenvalue weighted by Gasteiger charge is 2.27. The number of aromatic nitrogens is 1. The lowest BCUT2D eigenvalue weighted by Crippen LogP contribution is -2.48. The molecule has 8 heteroatoms. The summed E-state index contributed by atoms with van der Waals surface area (Å²) in [5, 5.41) is 9.34. The Balaban J connectivity index is 1.48. The summed E-state index contributed by atoms with van der Waals surface area (Å²) >= 11 is 0. The second-order valence-electron chi connectivity index (χ2n) is 6.05. The number of amides is 1. The first-order valence-electron chi connectivity index (χ1n) is 8.40. The van der Waals surface area contributed by atoms with Crippen molar-refractivity contribution in [3.05, 3.63) is 59.7 Å². The molecule has 27 heavy (non-hydrogen) atoms. The molecule has 2 aromatic heterocycles. The topological polar surface area (TPSA) is 86.5 Å². The highest BCUT2D eigenvalue weighted by Crippen LogP contribution is 2.29. The Morgan fingerprint density at radius 3 is 2.67 bits per heavy atom. The quantitative estimate of drug-likeness (QED) is 0.708. The van der Waals surface area contributed by atoms with Crippen molar-refractivity contribution in [1.82, 2.24) is 9.88 Å². The number of carbonyl (C=O) groups is 1. The van der Waals surface area contributed by atoms with Crippen LogP contribution in [0.1, 0.15) is 16.1 Å². The van der Waals surface area contributed by atoms with Crippen LogP contribution >= 0.6 is 0 Å². The van der Waals surface area contributed by atoms with Gasteiger partial charge in [-0.3, -0.25) is 4.79 Å². The molecular formula is C19H15FN4O3. The van der Waals surface area contributed by atoms with Crippen molar-refractivity contribution < 1.29 is 18.0 Å². The van der Waals surface area contributed by atoms with E-state index in [0.29, 0.717) is 43.4 Å². The number of piperazine rings is 1. The maximum atomic E-state index is 13.3. The lowest BCUT2D eigenvalue weighted by molar-refractivity contribution is 0.0745. The van der Waals surface area contributed by atoms with E-state index in [1.807, 2.05) is 11.0 Å². The molecule has 0 N–H and O–H groups in total. The summed E-state index contributed by atoms with van der Waals surface area (Å²) in [6, 6.07) is 11.1. The Morgan fingerprint density at radius 2 is 2.00 bits per heavy atom. The number of oxazole rings is 1. The van der Waals surface area contributed by atoms with Crippen molar-refractivity contribution in [3.8, 4) is 17.7 Å². The van der Waals surface area contributed by atoms with Crippen molar-refractivity contribution >= 4 is 11.8 Å². The van der Waals surface area contributed by atoms with Gasteiger partial charge in [-0.05, 0) is 30.3 Å². The molecule has 1 aliphatic rings. The number of nitrogens with zero attached hydrogens (tertiary/aromatic N) is 4. The molecule has 7 nitrogen and oxygen atoms in total. The molecule has 0 aliphatic carbocycles. The number of hydrogen-bond acceptors (Lipinski definition) is 6. The van der Waals surface area contributed by atoms with E-state index in [1.54, 1.807) is 23.1 Å². The molecule has 0 radical (unpaired) electrons. The minimum Gasteiger partial charge on any atom is -0.459 e. The number of benzene rings is 1. The van der Waals surface area contributed by atoms with Gasteiger partial charge in [-0.2, -0.15) is 10.2 Å². The molecule has 0 spiro atoms. The number of rotatable bonds is 3. The number of halogens is 1. The Hall–Kier alpha value is -3.60. The fourth-order valence-electron chi connectivity index (χ4n) is 3.02. The third-order valence-corrected chi connectivity index (χ3v) is 4.37. The SMILES string of the molecule is N#Cc1nc(-c2ccco2)oc1N1CCN(C(=O)c2cccc(F)c2)CC1. The van der Waals surface area contributed by atoms with Crippen LogP contribution < -0.4 is 4.90 Å². The Morgan fingerprint density at radius 1 is 1.19 bits per heavy atom. The van der Waals surface area contributed by atoms with Gasteiger partial charge in [-0.15, -0.1) is 0 Å². The largest absolute Gasteiger partial charge is 0.459 e. The first-order valence-corrected chi connectivity index (χ1v) is 8.40. The van der Waals surface area contributed by atoms with Crippen LogP contribution in [-0.4, -0.2) is 42.0 Å². The second-order valence-corrected chi connectivity index (χ2v) is 6.05. The summed E-state index contributed by atoms with van der Waals surface area (Å²) in [5.41, 5.74) is 0.493. The number of anilines is 1. The molecular weight excluding hydrogens is 351 g/mol. The third-order valence-electron chi connectivity index (χ3n) is 4.37. The van der Waals surface area contributed by atoms with Crippen molar-refractivity contribution in [2.45, 2.75) is 0 Å². The van der Waals surface area contributed by atoms with E-state index in [2.05, 4.69) is 4.98 Å². The van der Waals surface area contributed by atoms with Crippen molar-refractivity contribution in [2.75, 3.05) is 31.1 Å². The zero-order valence-corrected chi connectivity index (χ0v) is 14.3. The van der Waals surface area contributed by atoms with Gasteiger partial charge in [0.05, 0.1) is 6.26 Å². The molecule has 3 aromatic rings. The van der Waals surface area contributed by atoms with Gasteiger partial charge in [-0.1, -0.05) is 6.07 Å². The van der Waals surface area contributed by atoms with Crippen LogP contribution in [0.5, 0.6) is 0 Å². The van der Waals surface area contributed by atoms with Gasteiger partial charge in [0.2, 0.25) is 11.6 Å². The van der Waals surface area contributed by atoms with E-state index in [-0.39, 0.29) is 17.5 Å². The van der Waals surface area contributed by atoms with Crippen LogP contribution in [0.3, 0.4) is 0 Å². The first kappa shape index (κ1) is 16.8. The molecule has 0 unspecified atom stereocenters. The highest BCUT2D eigenvalue weighted by atomic mass is 19.1. The smallest absolute Gasteiger partial charge is 0.266 e. The van der Waals surface area contributed by atoms with Crippen molar-refractivity contribution in [3.63, 3.8) is 0 Å². The van der Waals surface area contributed by atoms with Crippen molar-refractivity contribution in [2.24, 2.45) is 0 Å². The summed E-state index contributed by atoms with van der Waals surface area (Å²) in [5.74, 6) is 0.387. The zero-order valence-electron chi connectivity index (χ0n) is 14.3. The molecule has 1 aliphatic heterocycles. The predicted octanol–water partition coefficient (Wildman–Crippen LogP) is 2.91. The number of nitriles is 1. The average Bonchev–Trinajstić information content (AvgIpc) is 3.37. The second kappa shape index (κ2) is 6.96. The van der Waals surface area contributed by atoms with Gasteiger partial charge in [0.25, 0.3) is 11.8 Å². The van der Waals surface area contributed by atoms with E-state index in [0.717, 1.165) is 0 Å². The fourth-order valence-corrected chi connectivity index (χ4v) is 3.02. The molecule has 1 aromatic carbocycles. The van der Waals surface area contributed by atoms with Crippen molar-refractivity contribution in [1.29, 1.82) is 5.26 Å². The minimum absolute atomic E-state index is 0.173. The molecule has 1 amide bonds. The van der Waals surface area contributed by atoms with Crippen LogP contribution in [0.4, 0.5) is 10.3 Å². The van der Waals surface area contributed by atoms with Gasteiger partial charge in [-0.25, -0.2) is 4.39 Å². The average molecular weight is 366 g/mol. The summed E-state index contributed by atoms with van der Waals surface area (Å²) in [7, 11) is 0. The Kier molecular flexibility index (Phi) is 4.34. The van der Waals surface area contributed by atoms with E-state index in [4.69, 9.17) is 8.83 Å². The fraction of sp³-hybridized carbons (Fsp3) is 0.211. The van der Waals surface area contributed by atoms with E-state index >= 15 is 0 Å². The lowest BCUT2D eigenvalue weighted by Gasteiger charge is -2.34. The Labute approximate surface area is 154 Å². The predicted molar refractivity (Wildman–Crippen MR) is 93.4 cm³/mol. The molecule has 0 bridgehead atoms. The number of carbonyl (C=O) groups excluding carboxylic acids is 1. The van der Waals surface area contributed by atoms with Crippen LogP contribution in [0.25, 0.3) is 11.7 Å². The molecule has 0 saturated carbocycles. The molecule has 0 atom stereocenters. The van der Waals surface area contributed by atoms with Crippen LogP contribution in [0.2, 0.25) is 0 Å². The third kappa shape index (κ3) is 3.27. The Bertz CT molecular complexity index is 998. The summed E-state index contributed by atoms with van der Waals surface area (Å²) in [4.78, 5) is 20.2. The zero-order chi connectivity index (χ0) is 18.8. The van der Waals surface area contributed by atoms with Crippen LogP contribution in [-0.2, 0) is 0 Å². The minimum atomic E-state index is -0.440. The van der Waals surface area contributed by atoms with Gasteiger partial charge in [0, 0.05) is 31.7 Å². The standard InChI is InChI=1S/C19H15FN4O3/c20-14-4-1-3-13(11-14)18(25)23-6-8-24(9-7-23)19-15(12-21)22-17(27-19)16-5-2-10-26-16/h1-5,10-11H,6-9H2. The van der Waals surface area contributed by atoms with Crippen LogP contribution in [0.15, 0.2) is 51.5 Å². The van der Waals surface area contributed by atoms with Gasteiger partial charge in [0.15, 0.2) is 5.76 Å². The number of hydrogen-bond donors (Lipinski definition) is 0.